The van der Waals surface area contributed by atoms with Gasteiger partial charge < -0.3 is 10.6 Å². The highest BCUT2D eigenvalue weighted by atomic mass is 19.2. The Kier molecular flexibility index (Phi) is 3.33. The standard InChI is InChI=1S/C11H11F3N2O/c12-6-4-8(14)10(5-7(6)13)16-11(17)9-2-1-3-15-9/h4-5,9,15H,1-3H2,(H,16,17). The van der Waals surface area contributed by atoms with Gasteiger partial charge in [-0.05, 0) is 19.4 Å². The van der Waals surface area contributed by atoms with Crippen molar-refractivity contribution in [3.05, 3.63) is 29.6 Å². The SMILES string of the molecule is O=C(Nc1cc(F)c(F)cc1F)C1CCCN1. The lowest BCUT2D eigenvalue weighted by Gasteiger charge is -2.11. The molecule has 0 spiro atoms. The summed E-state index contributed by atoms with van der Waals surface area (Å²) < 4.78 is 38.8. The molecule has 1 unspecified atom stereocenters. The van der Waals surface area contributed by atoms with Crippen LogP contribution in [0.3, 0.4) is 0 Å². The largest absolute Gasteiger partial charge is 0.322 e. The first kappa shape index (κ1) is 11.9. The van der Waals surface area contributed by atoms with Gasteiger partial charge in [-0.2, -0.15) is 0 Å². The van der Waals surface area contributed by atoms with Gasteiger partial charge in [0.15, 0.2) is 11.6 Å². The van der Waals surface area contributed by atoms with Gasteiger partial charge in [0.2, 0.25) is 5.91 Å². The predicted molar refractivity (Wildman–Crippen MR) is 56.0 cm³/mol. The quantitative estimate of drug-likeness (QED) is 0.779. The number of hydrogen-bond acceptors (Lipinski definition) is 2. The molecule has 17 heavy (non-hydrogen) atoms. The van der Waals surface area contributed by atoms with E-state index in [1.165, 1.54) is 0 Å². The number of carbonyl (C=O) groups excluding carboxylic acids is 1. The number of rotatable bonds is 2. The van der Waals surface area contributed by atoms with Crippen LogP contribution in [0.15, 0.2) is 12.1 Å². The Bertz CT molecular complexity index is 445. The summed E-state index contributed by atoms with van der Waals surface area (Å²) >= 11 is 0. The number of benzene rings is 1. The van der Waals surface area contributed by atoms with Crippen molar-refractivity contribution in [1.29, 1.82) is 0 Å². The van der Waals surface area contributed by atoms with E-state index >= 15 is 0 Å². The molecule has 1 aliphatic rings. The third-order valence-corrected chi connectivity index (χ3v) is 2.64. The van der Waals surface area contributed by atoms with Gasteiger partial charge in [-0.1, -0.05) is 0 Å². The van der Waals surface area contributed by atoms with Gasteiger partial charge in [0, 0.05) is 12.1 Å². The van der Waals surface area contributed by atoms with Crippen LogP contribution < -0.4 is 10.6 Å². The molecule has 2 rings (SSSR count). The van der Waals surface area contributed by atoms with Crippen LogP contribution in [0, 0.1) is 17.5 Å². The average molecular weight is 244 g/mol. The lowest BCUT2D eigenvalue weighted by molar-refractivity contribution is -0.117. The Balaban J connectivity index is 2.12. The van der Waals surface area contributed by atoms with Crippen LogP contribution in [0.2, 0.25) is 0 Å². The van der Waals surface area contributed by atoms with Crippen molar-refractivity contribution in [2.24, 2.45) is 0 Å². The maximum atomic E-state index is 13.2. The Morgan fingerprint density at radius 2 is 1.94 bits per heavy atom. The van der Waals surface area contributed by atoms with E-state index in [0.29, 0.717) is 18.6 Å². The van der Waals surface area contributed by atoms with Crippen molar-refractivity contribution in [3.8, 4) is 0 Å². The highest BCUT2D eigenvalue weighted by molar-refractivity contribution is 5.95. The van der Waals surface area contributed by atoms with Crippen LogP contribution in [0.4, 0.5) is 18.9 Å². The lowest BCUT2D eigenvalue weighted by atomic mass is 10.2. The maximum Gasteiger partial charge on any atom is 0.241 e. The number of anilines is 1. The Labute approximate surface area is 96.0 Å². The fraction of sp³-hybridized carbons (Fsp3) is 0.364. The van der Waals surface area contributed by atoms with Crippen LogP contribution >= 0.6 is 0 Å². The van der Waals surface area contributed by atoms with E-state index < -0.39 is 29.4 Å². The van der Waals surface area contributed by atoms with Crippen LogP contribution in [0.1, 0.15) is 12.8 Å². The highest BCUT2D eigenvalue weighted by Gasteiger charge is 2.23. The highest BCUT2D eigenvalue weighted by Crippen LogP contribution is 2.19. The molecule has 0 saturated carbocycles. The zero-order chi connectivity index (χ0) is 12.4. The topological polar surface area (TPSA) is 41.1 Å². The molecule has 6 heteroatoms. The zero-order valence-electron chi connectivity index (χ0n) is 8.90. The molecule has 3 nitrogen and oxygen atoms in total. The van der Waals surface area contributed by atoms with Crippen LogP contribution in [-0.4, -0.2) is 18.5 Å². The molecule has 2 N–H and O–H groups in total. The number of hydrogen-bond donors (Lipinski definition) is 2. The van der Waals surface area contributed by atoms with Crippen molar-refractivity contribution in [1.82, 2.24) is 5.32 Å². The molecule has 1 amide bonds. The van der Waals surface area contributed by atoms with Crippen molar-refractivity contribution in [2.45, 2.75) is 18.9 Å². The summed E-state index contributed by atoms with van der Waals surface area (Å²) in [6.07, 6.45) is 1.51. The molecule has 1 fully saturated rings. The smallest absolute Gasteiger partial charge is 0.241 e. The molecule has 1 aromatic carbocycles. The summed E-state index contributed by atoms with van der Waals surface area (Å²) in [6, 6.07) is 0.646. The third-order valence-electron chi connectivity index (χ3n) is 2.64. The van der Waals surface area contributed by atoms with E-state index in [1.807, 2.05) is 0 Å². The van der Waals surface area contributed by atoms with E-state index in [4.69, 9.17) is 0 Å². The van der Waals surface area contributed by atoms with E-state index in [0.717, 1.165) is 13.0 Å². The lowest BCUT2D eigenvalue weighted by Crippen LogP contribution is -2.35. The van der Waals surface area contributed by atoms with Crippen LogP contribution in [0.5, 0.6) is 0 Å². The van der Waals surface area contributed by atoms with Crippen molar-refractivity contribution < 1.29 is 18.0 Å². The second-order valence-corrected chi connectivity index (χ2v) is 3.88. The van der Waals surface area contributed by atoms with Gasteiger partial charge in [-0.15, -0.1) is 0 Å². The molecule has 0 aliphatic carbocycles. The van der Waals surface area contributed by atoms with E-state index in [2.05, 4.69) is 10.6 Å². The fourth-order valence-corrected chi connectivity index (χ4v) is 1.75. The molecular formula is C11H11F3N2O. The van der Waals surface area contributed by atoms with Crippen molar-refractivity contribution in [3.63, 3.8) is 0 Å². The average Bonchev–Trinajstić information content (AvgIpc) is 2.79. The first-order valence-corrected chi connectivity index (χ1v) is 5.26. The van der Waals surface area contributed by atoms with Gasteiger partial charge in [0.05, 0.1) is 11.7 Å². The molecule has 1 saturated heterocycles. The molecule has 1 atom stereocenters. The number of carbonyl (C=O) groups is 1. The number of nitrogens with one attached hydrogen (secondary N) is 2. The minimum absolute atomic E-state index is 0.345. The minimum atomic E-state index is -1.28. The summed E-state index contributed by atoms with van der Waals surface area (Å²) in [7, 11) is 0. The molecule has 92 valence electrons. The van der Waals surface area contributed by atoms with Crippen molar-refractivity contribution >= 4 is 11.6 Å². The van der Waals surface area contributed by atoms with Gasteiger partial charge >= 0.3 is 0 Å². The molecule has 0 aromatic heterocycles. The second kappa shape index (κ2) is 4.75. The number of amides is 1. The summed E-state index contributed by atoms with van der Waals surface area (Å²) in [6.45, 7) is 0.721. The zero-order valence-corrected chi connectivity index (χ0v) is 8.90. The van der Waals surface area contributed by atoms with Gasteiger partial charge in [0.25, 0.3) is 0 Å². The second-order valence-electron chi connectivity index (χ2n) is 3.88. The monoisotopic (exact) mass is 244 g/mol. The van der Waals surface area contributed by atoms with Crippen LogP contribution in [-0.2, 0) is 4.79 Å². The summed E-state index contributed by atoms with van der Waals surface area (Å²) in [5.74, 6) is -3.90. The minimum Gasteiger partial charge on any atom is -0.322 e. The predicted octanol–water partition coefficient (Wildman–Crippen LogP) is 1.79. The summed E-state index contributed by atoms with van der Waals surface area (Å²) in [5.41, 5.74) is -0.345. The summed E-state index contributed by atoms with van der Waals surface area (Å²) in [5, 5.41) is 5.16. The molecule has 0 bridgehead atoms. The van der Waals surface area contributed by atoms with Gasteiger partial charge in [-0.25, -0.2) is 13.2 Å². The van der Waals surface area contributed by atoms with Gasteiger partial charge in [0.1, 0.15) is 5.82 Å². The molecule has 1 aliphatic heterocycles. The van der Waals surface area contributed by atoms with E-state index in [9.17, 15) is 18.0 Å². The van der Waals surface area contributed by atoms with E-state index in [-0.39, 0.29) is 5.69 Å². The molecule has 1 heterocycles. The third kappa shape index (κ3) is 2.58. The first-order chi connectivity index (χ1) is 8.08. The van der Waals surface area contributed by atoms with Gasteiger partial charge in [-0.3, -0.25) is 4.79 Å². The van der Waals surface area contributed by atoms with Crippen LogP contribution in [0.25, 0.3) is 0 Å². The number of halogens is 3. The maximum absolute atomic E-state index is 13.2. The molecule has 1 aromatic rings. The van der Waals surface area contributed by atoms with Crippen molar-refractivity contribution in [2.75, 3.05) is 11.9 Å². The Morgan fingerprint density at radius 3 is 2.59 bits per heavy atom. The summed E-state index contributed by atoms with van der Waals surface area (Å²) in [4.78, 5) is 11.6. The van der Waals surface area contributed by atoms with E-state index in [1.54, 1.807) is 0 Å². The first-order valence-electron chi connectivity index (χ1n) is 5.26. The Hall–Kier alpha value is -1.56. The fourth-order valence-electron chi connectivity index (χ4n) is 1.75. The molecular weight excluding hydrogens is 233 g/mol. The Morgan fingerprint density at radius 1 is 1.24 bits per heavy atom. The molecule has 0 radical (unpaired) electrons. The normalized spacial score (nSPS) is 19.4.